The van der Waals surface area contributed by atoms with Crippen LogP contribution in [0.5, 0.6) is 0 Å². The summed E-state index contributed by atoms with van der Waals surface area (Å²) in [6, 6.07) is 0.594. The fourth-order valence-electron chi connectivity index (χ4n) is 3.53. The van der Waals surface area contributed by atoms with E-state index in [0.29, 0.717) is 6.04 Å². The molecule has 21 heavy (non-hydrogen) atoms. The second-order valence-electron chi connectivity index (χ2n) is 6.82. The van der Waals surface area contributed by atoms with Crippen LogP contribution in [0.2, 0.25) is 0 Å². The van der Waals surface area contributed by atoms with Gasteiger partial charge >= 0.3 is 0 Å². The first kappa shape index (κ1) is 14.8. The first-order valence-corrected chi connectivity index (χ1v) is 8.55. The van der Waals surface area contributed by atoms with Crippen LogP contribution in [0.3, 0.4) is 0 Å². The number of aryl methyl sites for hydroxylation is 1. The number of fused-ring (bicyclic) bond motifs is 1. The van der Waals surface area contributed by atoms with E-state index in [0.717, 1.165) is 32.0 Å². The second-order valence-corrected chi connectivity index (χ2v) is 6.82. The van der Waals surface area contributed by atoms with Crippen molar-refractivity contribution in [2.45, 2.75) is 58.4 Å². The third-order valence-corrected chi connectivity index (χ3v) is 4.83. The fraction of sp³-hybridized carbons (Fsp3) is 0.765. The summed E-state index contributed by atoms with van der Waals surface area (Å²) < 4.78 is 0. The number of rotatable bonds is 4. The Balaban J connectivity index is 1.62. The number of aromatic nitrogens is 2. The van der Waals surface area contributed by atoms with Gasteiger partial charge in [-0.3, -0.25) is 0 Å². The molecule has 1 N–H and O–H groups in total. The molecule has 0 bridgehead atoms. The first-order chi connectivity index (χ1) is 10.2. The quantitative estimate of drug-likeness (QED) is 0.924. The maximum Gasteiger partial charge on any atom is 0.135 e. The van der Waals surface area contributed by atoms with Gasteiger partial charge in [0.25, 0.3) is 0 Å². The molecular weight excluding hydrogens is 260 g/mol. The Kier molecular flexibility index (Phi) is 4.73. The normalized spacial score (nSPS) is 19.9. The summed E-state index contributed by atoms with van der Waals surface area (Å²) in [5.74, 6) is 2.05. The van der Waals surface area contributed by atoms with E-state index in [9.17, 15) is 0 Å². The molecule has 2 heterocycles. The molecule has 0 amide bonds. The van der Waals surface area contributed by atoms with Crippen molar-refractivity contribution in [2.24, 2.45) is 5.92 Å². The summed E-state index contributed by atoms with van der Waals surface area (Å²) >= 11 is 0. The lowest BCUT2D eigenvalue weighted by Crippen LogP contribution is -2.39. The highest BCUT2D eigenvalue weighted by molar-refractivity contribution is 5.49. The Morgan fingerprint density at radius 1 is 1.19 bits per heavy atom. The van der Waals surface area contributed by atoms with Crippen molar-refractivity contribution in [3.05, 3.63) is 17.6 Å². The van der Waals surface area contributed by atoms with Crippen LogP contribution in [0.15, 0.2) is 6.33 Å². The van der Waals surface area contributed by atoms with Crippen molar-refractivity contribution in [2.75, 3.05) is 24.5 Å². The van der Waals surface area contributed by atoms with Gasteiger partial charge in [-0.25, -0.2) is 9.97 Å². The van der Waals surface area contributed by atoms with E-state index in [1.807, 2.05) is 0 Å². The van der Waals surface area contributed by atoms with Gasteiger partial charge in [0.2, 0.25) is 0 Å². The van der Waals surface area contributed by atoms with Gasteiger partial charge in [0, 0.05) is 30.4 Å². The Bertz CT molecular complexity index is 464. The van der Waals surface area contributed by atoms with Crippen molar-refractivity contribution < 1.29 is 0 Å². The van der Waals surface area contributed by atoms with Crippen molar-refractivity contribution in [1.29, 1.82) is 0 Å². The lowest BCUT2D eigenvalue weighted by molar-refractivity contribution is 0.369. The van der Waals surface area contributed by atoms with Crippen LogP contribution >= 0.6 is 0 Å². The van der Waals surface area contributed by atoms with Crippen LogP contribution in [0.25, 0.3) is 0 Å². The molecule has 1 aromatic rings. The second kappa shape index (κ2) is 6.73. The zero-order valence-electron chi connectivity index (χ0n) is 13.4. The Morgan fingerprint density at radius 3 is 2.71 bits per heavy atom. The summed E-state index contributed by atoms with van der Waals surface area (Å²) in [5, 5.41) is 3.58. The molecule has 0 saturated carbocycles. The number of hydrogen-bond acceptors (Lipinski definition) is 4. The van der Waals surface area contributed by atoms with E-state index in [2.05, 4.69) is 34.0 Å². The average Bonchev–Trinajstić information content (AvgIpc) is 2.53. The molecule has 1 aromatic heterocycles. The maximum absolute atomic E-state index is 4.61. The molecule has 4 nitrogen and oxygen atoms in total. The molecule has 2 aliphatic rings. The zero-order chi connectivity index (χ0) is 14.7. The summed E-state index contributed by atoms with van der Waals surface area (Å²) in [6.45, 7) is 7.90. The SMILES string of the molecule is CC(C)NCC1CCN(c2ncnc3c2CCCC3)CC1. The van der Waals surface area contributed by atoms with Gasteiger partial charge in [0.15, 0.2) is 0 Å². The van der Waals surface area contributed by atoms with Crippen molar-refractivity contribution >= 4 is 5.82 Å². The van der Waals surface area contributed by atoms with Gasteiger partial charge in [-0.05, 0) is 51.0 Å². The van der Waals surface area contributed by atoms with E-state index in [1.165, 1.54) is 49.2 Å². The molecule has 1 aliphatic heterocycles. The number of anilines is 1. The highest BCUT2D eigenvalue weighted by Crippen LogP contribution is 2.29. The summed E-state index contributed by atoms with van der Waals surface area (Å²) in [7, 11) is 0. The summed E-state index contributed by atoms with van der Waals surface area (Å²) in [6.07, 6.45) is 9.21. The number of nitrogens with zero attached hydrogens (tertiary/aromatic N) is 3. The minimum absolute atomic E-state index is 0.594. The predicted molar refractivity (Wildman–Crippen MR) is 86.7 cm³/mol. The highest BCUT2D eigenvalue weighted by atomic mass is 15.2. The summed E-state index contributed by atoms with van der Waals surface area (Å²) in [5.41, 5.74) is 2.73. The first-order valence-electron chi connectivity index (χ1n) is 8.55. The largest absolute Gasteiger partial charge is 0.356 e. The van der Waals surface area contributed by atoms with Crippen LogP contribution < -0.4 is 10.2 Å². The van der Waals surface area contributed by atoms with E-state index < -0.39 is 0 Å². The maximum atomic E-state index is 4.61. The monoisotopic (exact) mass is 288 g/mol. The minimum atomic E-state index is 0.594. The lowest BCUT2D eigenvalue weighted by atomic mass is 9.93. The number of piperidine rings is 1. The average molecular weight is 288 g/mol. The molecule has 3 rings (SSSR count). The van der Waals surface area contributed by atoms with Crippen molar-refractivity contribution in [1.82, 2.24) is 15.3 Å². The van der Waals surface area contributed by atoms with Gasteiger partial charge < -0.3 is 10.2 Å². The molecule has 0 radical (unpaired) electrons. The Labute approximate surface area is 128 Å². The van der Waals surface area contributed by atoms with Crippen LogP contribution in [0.4, 0.5) is 5.82 Å². The number of nitrogens with one attached hydrogen (secondary N) is 1. The molecule has 1 aliphatic carbocycles. The lowest BCUT2D eigenvalue weighted by Gasteiger charge is -2.35. The van der Waals surface area contributed by atoms with Crippen LogP contribution in [-0.2, 0) is 12.8 Å². The highest BCUT2D eigenvalue weighted by Gasteiger charge is 2.24. The topological polar surface area (TPSA) is 41.0 Å². The fourth-order valence-corrected chi connectivity index (χ4v) is 3.53. The van der Waals surface area contributed by atoms with Gasteiger partial charge in [-0.15, -0.1) is 0 Å². The molecule has 1 saturated heterocycles. The molecule has 4 heteroatoms. The Morgan fingerprint density at radius 2 is 1.95 bits per heavy atom. The van der Waals surface area contributed by atoms with E-state index >= 15 is 0 Å². The molecule has 0 aromatic carbocycles. The van der Waals surface area contributed by atoms with Gasteiger partial charge in [-0.1, -0.05) is 13.8 Å². The summed E-state index contributed by atoms with van der Waals surface area (Å²) in [4.78, 5) is 11.6. The molecule has 0 unspecified atom stereocenters. The number of hydrogen-bond donors (Lipinski definition) is 1. The smallest absolute Gasteiger partial charge is 0.135 e. The minimum Gasteiger partial charge on any atom is -0.356 e. The van der Waals surface area contributed by atoms with Crippen LogP contribution in [0, 0.1) is 5.92 Å². The van der Waals surface area contributed by atoms with Crippen molar-refractivity contribution in [3.63, 3.8) is 0 Å². The molecule has 1 fully saturated rings. The third-order valence-electron chi connectivity index (χ3n) is 4.83. The molecular formula is C17H28N4. The van der Waals surface area contributed by atoms with E-state index in [4.69, 9.17) is 0 Å². The van der Waals surface area contributed by atoms with E-state index in [1.54, 1.807) is 6.33 Å². The van der Waals surface area contributed by atoms with Gasteiger partial charge in [0.1, 0.15) is 12.1 Å². The standard InChI is InChI=1S/C17H28N4/c1-13(2)18-11-14-7-9-21(10-8-14)17-15-5-3-4-6-16(15)19-12-20-17/h12-14,18H,3-11H2,1-2H3. The van der Waals surface area contributed by atoms with Gasteiger partial charge in [-0.2, -0.15) is 0 Å². The Hall–Kier alpha value is -1.16. The van der Waals surface area contributed by atoms with Gasteiger partial charge in [0.05, 0.1) is 0 Å². The molecule has 116 valence electrons. The predicted octanol–water partition coefficient (Wildman–Crippen LogP) is 2.57. The van der Waals surface area contributed by atoms with Crippen LogP contribution in [0.1, 0.15) is 50.8 Å². The molecule has 0 atom stereocenters. The van der Waals surface area contributed by atoms with Crippen LogP contribution in [-0.4, -0.2) is 35.6 Å². The van der Waals surface area contributed by atoms with E-state index in [-0.39, 0.29) is 0 Å². The zero-order valence-corrected chi connectivity index (χ0v) is 13.4. The van der Waals surface area contributed by atoms with Crippen molar-refractivity contribution in [3.8, 4) is 0 Å². The molecule has 0 spiro atoms. The third kappa shape index (κ3) is 3.54.